The van der Waals surface area contributed by atoms with Gasteiger partial charge in [0.05, 0.1) is 11.6 Å². The Morgan fingerprint density at radius 1 is 1.14 bits per heavy atom. The van der Waals surface area contributed by atoms with Gasteiger partial charge in [0.1, 0.15) is 0 Å². The average Bonchev–Trinajstić information content (AvgIpc) is 3.06. The number of hydrogen-bond donors (Lipinski definition) is 1. The summed E-state index contributed by atoms with van der Waals surface area (Å²) in [6.07, 6.45) is 1.73. The molecule has 0 saturated carbocycles. The Balaban J connectivity index is 1.72. The fourth-order valence-corrected chi connectivity index (χ4v) is 2.97. The molecule has 1 aliphatic rings. The highest BCUT2D eigenvalue weighted by Crippen LogP contribution is 2.31. The van der Waals surface area contributed by atoms with Gasteiger partial charge in [0.2, 0.25) is 0 Å². The second-order valence-corrected chi connectivity index (χ2v) is 5.38. The summed E-state index contributed by atoms with van der Waals surface area (Å²) >= 11 is 0. The maximum atomic E-state index is 12.3. The van der Waals surface area contributed by atoms with Crippen LogP contribution in [-0.2, 0) is 17.8 Å². The lowest BCUT2D eigenvalue weighted by molar-refractivity contribution is -0.138. The summed E-state index contributed by atoms with van der Waals surface area (Å²) in [5, 5.41) is 9.16. The van der Waals surface area contributed by atoms with Gasteiger partial charge in [0.15, 0.2) is 5.78 Å². The summed E-state index contributed by atoms with van der Waals surface area (Å²) in [5.74, 6) is -1.20. The zero-order valence-corrected chi connectivity index (χ0v) is 11.7. The number of fused-ring (bicyclic) bond motifs is 1. The van der Waals surface area contributed by atoms with Crippen LogP contribution in [-0.4, -0.2) is 21.4 Å². The van der Waals surface area contributed by atoms with Gasteiger partial charge in [-0.15, -0.1) is 0 Å². The number of rotatable bonds is 5. The largest absolute Gasteiger partial charge is 0.481 e. The summed E-state index contributed by atoms with van der Waals surface area (Å²) in [5.41, 5.74) is 2.54. The van der Waals surface area contributed by atoms with Crippen LogP contribution in [0.15, 0.2) is 42.5 Å². The summed E-state index contributed by atoms with van der Waals surface area (Å²) in [6.45, 7) is 0.617. The molecule has 0 spiro atoms. The first-order chi connectivity index (χ1) is 10.2. The molecule has 4 heteroatoms. The number of carboxylic acids is 1. The topological polar surface area (TPSA) is 59.3 Å². The number of Topliss-reactive ketones (excluding diaryl/α,β-unsaturated/α-hetero) is 1. The highest BCUT2D eigenvalue weighted by molar-refractivity contribution is 5.95. The zero-order valence-electron chi connectivity index (χ0n) is 11.7. The molecule has 1 N–H and O–H groups in total. The molecule has 2 aromatic rings. The Labute approximate surface area is 123 Å². The first kappa shape index (κ1) is 13.6. The minimum Gasteiger partial charge on any atom is -0.481 e. The lowest BCUT2D eigenvalue weighted by Crippen LogP contribution is -2.09. The number of aliphatic carboxylic acids is 1. The minimum absolute atomic E-state index is 0.0798. The van der Waals surface area contributed by atoms with E-state index in [4.69, 9.17) is 5.11 Å². The van der Waals surface area contributed by atoms with E-state index in [0.29, 0.717) is 31.5 Å². The van der Waals surface area contributed by atoms with Crippen molar-refractivity contribution in [1.29, 1.82) is 0 Å². The Bertz CT molecular complexity index is 673. The highest BCUT2D eigenvalue weighted by Gasteiger charge is 2.31. The van der Waals surface area contributed by atoms with E-state index >= 15 is 0 Å². The number of carbonyl (C=O) groups is 2. The molecular formula is C17H17NO3. The second kappa shape index (κ2) is 5.56. The van der Waals surface area contributed by atoms with Crippen molar-refractivity contribution in [2.45, 2.75) is 31.7 Å². The van der Waals surface area contributed by atoms with Crippen molar-refractivity contribution in [1.82, 2.24) is 4.57 Å². The highest BCUT2D eigenvalue weighted by atomic mass is 16.4. The van der Waals surface area contributed by atoms with E-state index in [9.17, 15) is 9.59 Å². The molecule has 21 heavy (non-hydrogen) atoms. The number of benzene rings is 1. The summed E-state index contributed by atoms with van der Waals surface area (Å²) in [7, 11) is 0. The molecule has 108 valence electrons. The molecule has 1 unspecified atom stereocenters. The van der Waals surface area contributed by atoms with Crippen molar-refractivity contribution in [2.75, 3.05) is 0 Å². The van der Waals surface area contributed by atoms with E-state index in [-0.39, 0.29) is 5.78 Å². The fraction of sp³-hybridized carbons (Fsp3) is 0.294. The number of aryl methyl sites for hydroxylation is 1. The van der Waals surface area contributed by atoms with E-state index in [1.807, 2.05) is 34.9 Å². The van der Waals surface area contributed by atoms with E-state index in [1.54, 1.807) is 12.1 Å². The molecule has 1 aliphatic heterocycles. The van der Waals surface area contributed by atoms with Crippen LogP contribution in [0.1, 0.15) is 40.5 Å². The van der Waals surface area contributed by atoms with Crippen LogP contribution < -0.4 is 0 Å². The molecule has 0 saturated heterocycles. The maximum Gasteiger partial charge on any atom is 0.312 e. The Kier molecular flexibility index (Phi) is 3.60. The number of nitrogens with zero attached hydrogens (tertiary/aromatic N) is 1. The van der Waals surface area contributed by atoms with Gasteiger partial charge in [0, 0.05) is 18.7 Å². The van der Waals surface area contributed by atoms with Gasteiger partial charge in [-0.05, 0) is 30.5 Å². The molecule has 0 aliphatic carbocycles. The monoisotopic (exact) mass is 283 g/mol. The van der Waals surface area contributed by atoms with Gasteiger partial charge in [-0.2, -0.15) is 0 Å². The third kappa shape index (κ3) is 2.61. The van der Waals surface area contributed by atoms with Crippen molar-refractivity contribution < 1.29 is 14.7 Å². The second-order valence-electron chi connectivity index (χ2n) is 5.38. The predicted molar refractivity (Wildman–Crippen MR) is 78.5 cm³/mol. The van der Waals surface area contributed by atoms with Gasteiger partial charge >= 0.3 is 5.97 Å². The third-order valence-corrected chi connectivity index (χ3v) is 4.08. The summed E-state index contributed by atoms with van der Waals surface area (Å²) in [6, 6.07) is 13.4. The quantitative estimate of drug-likeness (QED) is 0.858. The van der Waals surface area contributed by atoms with E-state index in [0.717, 1.165) is 11.3 Å². The molecule has 0 bridgehead atoms. The van der Waals surface area contributed by atoms with E-state index in [2.05, 4.69) is 0 Å². The lowest BCUT2D eigenvalue weighted by Gasteiger charge is -2.05. The van der Waals surface area contributed by atoms with Gasteiger partial charge < -0.3 is 9.67 Å². The molecule has 0 fully saturated rings. The van der Waals surface area contributed by atoms with Crippen LogP contribution in [0.3, 0.4) is 0 Å². The van der Waals surface area contributed by atoms with E-state index < -0.39 is 11.9 Å². The van der Waals surface area contributed by atoms with Crippen molar-refractivity contribution in [3.63, 3.8) is 0 Å². The Hall–Kier alpha value is -2.36. The van der Waals surface area contributed by atoms with Crippen LogP contribution in [0, 0.1) is 0 Å². The SMILES string of the molecule is O=C(CCc1ccccc1)c1ccc2n1CCC2C(=O)O. The average molecular weight is 283 g/mol. The number of hydrogen-bond acceptors (Lipinski definition) is 2. The smallest absolute Gasteiger partial charge is 0.312 e. The zero-order chi connectivity index (χ0) is 14.8. The van der Waals surface area contributed by atoms with Crippen LogP contribution in [0.5, 0.6) is 0 Å². The predicted octanol–water partition coefficient (Wildman–Crippen LogP) is 2.88. The van der Waals surface area contributed by atoms with Crippen molar-refractivity contribution >= 4 is 11.8 Å². The van der Waals surface area contributed by atoms with Crippen molar-refractivity contribution in [3.8, 4) is 0 Å². The molecule has 0 radical (unpaired) electrons. The van der Waals surface area contributed by atoms with Gasteiger partial charge in [-0.25, -0.2) is 0 Å². The van der Waals surface area contributed by atoms with Crippen LogP contribution in [0.2, 0.25) is 0 Å². The molecule has 1 atom stereocenters. The van der Waals surface area contributed by atoms with Gasteiger partial charge in [0.25, 0.3) is 0 Å². The van der Waals surface area contributed by atoms with Crippen LogP contribution in [0.25, 0.3) is 0 Å². The lowest BCUT2D eigenvalue weighted by atomic mass is 10.1. The van der Waals surface area contributed by atoms with E-state index in [1.165, 1.54) is 0 Å². The molecule has 2 heterocycles. The maximum absolute atomic E-state index is 12.3. The standard InChI is InChI=1S/C17H17NO3/c19-16(9-6-12-4-2-1-3-5-12)15-8-7-14-13(17(20)21)10-11-18(14)15/h1-5,7-8,13H,6,9-11H2,(H,20,21). The number of carboxylic acid groups (broad SMARTS) is 1. The molecule has 3 rings (SSSR count). The molecule has 1 aromatic heterocycles. The Morgan fingerprint density at radius 3 is 2.62 bits per heavy atom. The van der Waals surface area contributed by atoms with Gasteiger partial charge in [-0.1, -0.05) is 30.3 Å². The number of ketones is 1. The van der Waals surface area contributed by atoms with Crippen molar-refractivity contribution in [3.05, 3.63) is 59.4 Å². The first-order valence-corrected chi connectivity index (χ1v) is 7.16. The summed E-state index contributed by atoms with van der Waals surface area (Å²) < 4.78 is 1.87. The normalized spacial score (nSPS) is 16.7. The van der Waals surface area contributed by atoms with Crippen molar-refractivity contribution in [2.24, 2.45) is 0 Å². The molecule has 4 nitrogen and oxygen atoms in total. The van der Waals surface area contributed by atoms with Crippen LogP contribution in [0.4, 0.5) is 0 Å². The number of aromatic nitrogens is 1. The first-order valence-electron chi connectivity index (χ1n) is 7.16. The molecular weight excluding hydrogens is 266 g/mol. The molecule has 1 aromatic carbocycles. The third-order valence-electron chi connectivity index (χ3n) is 4.08. The van der Waals surface area contributed by atoms with Gasteiger partial charge in [-0.3, -0.25) is 9.59 Å². The van der Waals surface area contributed by atoms with Crippen LogP contribution >= 0.6 is 0 Å². The number of carbonyl (C=O) groups excluding carboxylic acids is 1. The fourth-order valence-electron chi connectivity index (χ4n) is 2.97. The summed E-state index contributed by atoms with van der Waals surface area (Å²) in [4.78, 5) is 23.5. The minimum atomic E-state index is -0.810. The Morgan fingerprint density at radius 2 is 1.90 bits per heavy atom. The molecule has 0 amide bonds.